The summed E-state index contributed by atoms with van der Waals surface area (Å²) in [6.07, 6.45) is -2.50. The first kappa shape index (κ1) is 32.9. The van der Waals surface area contributed by atoms with Crippen LogP contribution in [0.25, 0.3) is 17.1 Å². The molecule has 1 aliphatic heterocycles. The number of carbonyl (C=O) groups excluding carboxylic acids is 1. The molecule has 3 aromatic carbocycles. The third-order valence-corrected chi connectivity index (χ3v) is 8.31. The lowest BCUT2D eigenvalue weighted by Crippen LogP contribution is -2.30. The maximum Gasteiger partial charge on any atom is 0.573 e. The Hall–Kier alpha value is -4.52. The highest BCUT2D eigenvalue weighted by Crippen LogP contribution is 2.35. The second-order valence-corrected chi connectivity index (χ2v) is 12.3. The lowest BCUT2D eigenvalue weighted by molar-refractivity contribution is -0.274. The van der Waals surface area contributed by atoms with Crippen molar-refractivity contribution in [3.8, 4) is 28.6 Å². The van der Waals surface area contributed by atoms with Gasteiger partial charge in [0.05, 0.1) is 12.8 Å². The molecule has 0 saturated carbocycles. The van der Waals surface area contributed by atoms with Crippen LogP contribution < -0.4 is 19.7 Å². The number of amides is 2. The number of rotatable bonds is 10. The van der Waals surface area contributed by atoms with Crippen LogP contribution in [0.2, 0.25) is 0 Å². The fraction of sp³-hybridized carbons (Fsp3) is 0.333. The van der Waals surface area contributed by atoms with Crippen LogP contribution in [0.4, 0.5) is 23.7 Å². The number of ether oxygens (including phenoxy) is 2. The van der Waals surface area contributed by atoms with Gasteiger partial charge < -0.3 is 19.7 Å². The fourth-order valence-corrected chi connectivity index (χ4v) is 6.01. The molecule has 9 nitrogen and oxygen atoms in total. The largest absolute Gasteiger partial charge is 0.573 e. The smallest absolute Gasteiger partial charge is 0.497 e. The fourth-order valence-electron chi connectivity index (χ4n) is 5.06. The maximum absolute atomic E-state index is 12.8. The summed E-state index contributed by atoms with van der Waals surface area (Å²) in [7, 11) is 1.64. The standard InChI is InChI=1S/C33H35F3N6O3S/c1-21(2)28-14-13-27(44-4)18-29(28)41-15-16-46-32(41)39-31(43)37-19-22(3)17-23-5-7-24(8-6-23)30-38-20-42(40-30)25-9-11-26(12-10-25)45-33(34,35)36/h5-14,18,20-22H,15-17,19H2,1-4H3,(H,37,43)/b39-32-. The number of nitrogens with zero attached hydrogens (tertiary/aromatic N) is 5. The van der Waals surface area contributed by atoms with Gasteiger partial charge in [-0.2, -0.15) is 4.99 Å². The summed E-state index contributed by atoms with van der Waals surface area (Å²) in [6, 6.07) is 18.9. The molecule has 1 saturated heterocycles. The van der Waals surface area contributed by atoms with Crippen molar-refractivity contribution in [3.63, 3.8) is 0 Å². The lowest BCUT2D eigenvalue weighted by atomic mass is 10.00. The number of alkyl halides is 3. The van der Waals surface area contributed by atoms with Gasteiger partial charge in [0.15, 0.2) is 11.0 Å². The number of hydrogen-bond donors (Lipinski definition) is 1. The van der Waals surface area contributed by atoms with Gasteiger partial charge in [-0.15, -0.1) is 18.3 Å². The van der Waals surface area contributed by atoms with Crippen molar-refractivity contribution in [2.24, 2.45) is 10.9 Å². The summed E-state index contributed by atoms with van der Waals surface area (Å²) in [5.74, 6) is 2.25. The molecule has 0 aliphatic carbocycles. The minimum Gasteiger partial charge on any atom is -0.497 e. The molecule has 242 valence electrons. The van der Waals surface area contributed by atoms with E-state index in [9.17, 15) is 18.0 Å². The molecule has 0 spiro atoms. The monoisotopic (exact) mass is 652 g/mol. The molecule has 46 heavy (non-hydrogen) atoms. The number of methoxy groups -OCH3 is 1. The van der Waals surface area contributed by atoms with E-state index in [-0.39, 0.29) is 17.7 Å². The van der Waals surface area contributed by atoms with E-state index in [1.54, 1.807) is 18.9 Å². The molecule has 0 bridgehead atoms. The normalized spacial score (nSPS) is 15.0. The molecule has 2 heterocycles. The number of aromatic nitrogens is 3. The van der Waals surface area contributed by atoms with Gasteiger partial charge in [0.1, 0.15) is 17.8 Å². The number of carbonyl (C=O) groups is 1. The van der Waals surface area contributed by atoms with E-state index in [4.69, 9.17) is 4.74 Å². The van der Waals surface area contributed by atoms with Gasteiger partial charge in [-0.25, -0.2) is 14.5 Å². The Morgan fingerprint density at radius 2 is 1.76 bits per heavy atom. The summed E-state index contributed by atoms with van der Waals surface area (Å²) in [5, 5.41) is 8.09. The Morgan fingerprint density at radius 1 is 1.04 bits per heavy atom. The number of halogens is 3. The van der Waals surface area contributed by atoms with Crippen LogP contribution in [0.15, 0.2) is 78.0 Å². The van der Waals surface area contributed by atoms with E-state index < -0.39 is 6.36 Å². The predicted octanol–water partition coefficient (Wildman–Crippen LogP) is 7.46. The molecule has 1 aromatic heterocycles. The molecule has 1 N–H and O–H groups in total. The van der Waals surface area contributed by atoms with E-state index in [0.717, 1.165) is 41.3 Å². The van der Waals surface area contributed by atoms with Gasteiger partial charge in [-0.3, -0.25) is 0 Å². The van der Waals surface area contributed by atoms with Gasteiger partial charge in [0.2, 0.25) is 0 Å². The maximum atomic E-state index is 12.8. The van der Waals surface area contributed by atoms with Crippen LogP contribution in [0.3, 0.4) is 0 Å². The zero-order valence-corrected chi connectivity index (χ0v) is 26.7. The van der Waals surface area contributed by atoms with Crippen LogP contribution in [0, 0.1) is 5.92 Å². The highest BCUT2D eigenvalue weighted by atomic mass is 32.2. The number of urea groups is 1. The molecular weight excluding hydrogens is 617 g/mol. The van der Waals surface area contributed by atoms with Crippen LogP contribution in [0.5, 0.6) is 11.5 Å². The van der Waals surface area contributed by atoms with E-state index in [1.807, 2.05) is 36.4 Å². The summed E-state index contributed by atoms with van der Waals surface area (Å²) in [4.78, 5) is 23.7. The molecule has 5 rings (SSSR count). The number of amidine groups is 1. The molecule has 13 heteroatoms. The Bertz CT molecular complexity index is 1670. The van der Waals surface area contributed by atoms with Gasteiger partial charge in [0.25, 0.3) is 0 Å². The quantitative estimate of drug-likeness (QED) is 0.190. The zero-order valence-electron chi connectivity index (χ0n) is 25.9. The minimum absolute atomic E-state index is 0.162. The zero-order chi connectivity index (χ0) is 32.8. The lowest BCUT2D eigenvalue weighted by Gasteiger charge is -2.23. The first-order valence-electron chi connectivity index (χ1n) is 14.8. The topological polar surface area (TPSA) is 93.9 Å². The van der Waals surface area contributed by atoms with E-state index in [2.05, 4.69) is 56.9 Å². The minimum atomic E-state index is -4.75. The summed E-state index contributed by atoms with van der Waals surface area (Å²) in [5.41, 5.74) is 4.62. The van der Waals surface area contributed by atoms with Crippen molar-refractivity contribution in [1.82, 2.24) is 20.1 Å². The molecular formula is C33H35F3N6O3S. The Balaban J connectivity index is 1.15. The number of anilines is 1. The molecule has 1 unspecified atom stereocenters. The van der Waals surface area contributed by atoms with Crippen molar-refractivity contribution in [2.75, 3.05) is 30.9 Å². The van der Waals surface area contributed by atoms with Crippen molar-refractivity contribution in [2.45, 2.75) is 39.5 Å². The highest BCUT2D eigenvalue weighted by molar-refractivity contribution is 8.14. The SMILES string of the molecule is COc1ccc(C(C)C)c(N2CCS/C2=N\C(=O)NCC(C)Cc2ccc(-c3ncn(-c4ccc(OC(F)(F)F)cc4)n3)cc2)c1. The number of hydrogen-bond acceptors (Lipinski definition) is 6. The highest BCUT2D eigenvalue weighted by Gasteiger charge is 2.31. The molecule has 2 amide bonds. The number of benzene rings is 3. The molecule has 1 aliphatic rings. The first-order valence-corrected chi connectivity index (χ1v) is 15.8. The Kier molecular flexibility index (Phi) is 10.2. The Morgan fingerprint density at radius 3 is 2.43 bits per heavy atom. The predicted molar refractivity (Wildman–Crippen MR) is 174 cm³/mol. The van der Waals surface area contributed by atoms with E-state index in [0.29, 0.717) is 29.1 Å². The number of thioether (sulfide) groups is 1. The van der Waals surface area contributed by atoms with E-state index >= 15 is 0 Å². The summed E-state index contributed by atoms with van der Waals surface area (Å²) in [6.45, 7) is 7.58. The van der Waals surface area contributed by atoms with E-state index in [1.165, 1.54) is 40.8 Å². The molecule has 0 radical (unpaired) electrons. The number of nitrogens with one attached hydrogen (secondary N) is 1. The molecule has 1 fully saturated rings. The van der Waals surface area contributed by atoms with Crippen LogP contribution in [-0.2, 0) is 6.42 Å². The van der Waals surface area contributed by atoms with Crippen LogP contribution in [-0.4, -0.2) is 58.3 Å². The second kappa shape index (κ2) is 14.3. The molecule has 1 atom stereocenters. The third kappa shape index (κ3) is 8.39. The third-order valence-electron chi connectivity index (χ3n) is 7.35. The number of aliphatic imine (C=N–C) groups is 1. The van der Waals surface area contributed by atoms with Gasteiger partial charge in [-0.05, 0) is 59.7 Å². The van der Waals surface area contributed by atoms with Gasteiger partial charge in [0, 0.05) is 36.2 Å². The molecule has 4 aromatic rings. The van der Waals surface area contributed by atoms with Gasteiger partial charge >= 0.3 is 12.4 Å². The van der Waals surface area contributed by atoms with Crippen molar-refractivity contribution < 1.29 is 27.4 Å². The summed E-state index contributed by atoms with van der Waals surface area (Å²) < 4.78 is 48.1. The Labute approximate surface area is 269 Å². The average Bonchev–Trinajstić information content (AvgIpc) is 3.70. The van der Waals surface area contributed by atoms with Crippen LogP contribution in [0.1, 0.15) is 37.8 Å². The van der Waals surface area contributed by atoms with Gasteiger partial charge in [-0.1, -0.05) is 62.9 Å². The first-order chi connectivity index (χ1) is 22.0. The van der Waals surface area contributed by atoms with Crippen molar-refractivity contribution >= 4 is 28.6 Å². The van der Waals surface area contributed by atoms with Crippen LogP contribution >= 0.6 is 11.8 Å². The average molecular weight is 653 g/mol. The van der Waals surface area contributed by atoms with Crippen molar-refractivity contribution in [1.29, 1.82) is 0 Å². The second-order valence-electron chi connectivity index (χ2n) is 11.2. The van der Waals surface area contributed by atoms with Crippen molar-refractivity contribution in [3.05, 3.63) is 84.2 Å². The summed E-state index contributed by atoms with van der Waals surface area (Å²) >= 11 is 1.57.